The molecule has 1 amide bonds. The van der Waals surface area contributed by atoms with Crippen LogP contribution in [0.2, 0.25) is 0 Å². The van der Waals surface area contributed by atoms with Gasteiger partial charge in [0.1, 0.15) is 0 Å². The summed E-state index contributed by atoms with van der Waals surface area (Å²) in [5.41, 5.74) is 6.16. The van der Waals surface area contributed by atoms with Crippen molar-refractivity contribution in [2.75, 3.05) is 0 Å². The molecule has 0 aromatic carbocycles. The molecule has 3 N–H and O–H groups in total. The van der Waals surface area contributed by atoms with Gasteiger partial charge in [-0.3, -0.25) is 4.79 Å². The minimum Gasteiger partial charge on any atom is -0.353 e. The Labute approximate surface area is 124 Å². The van der Waals surface area contributed by atoms with Gasteiger partial charge in [0.2, 0.25) is 5.91 Å². The van der Waals surface area contributed by atoms with Crippen molar-refractivity contribution in [2.24, 2.45) is 35.3 Å². The van der Waals surface area contributed by atoms with Crippen LogP contribution in [0, 0.1) is 29.6 Å². The third-order valence-electron chi connectivity index (χ3n) is 5.97. The summed E-state index contributed by atoms with van der Waals surface area (Å²) in [7, 11) is 0. The Kier molecular flexibility index (Phi) is 5.11. The second-order valence-corrected chi connectivity index (χ2v) is 7.67. The van der Waals surface area contributed by atoms with Crippen LogP contribution in [0.1, 0.15) is 59.8 Å². The topological polar surface area (TPSA) is 55.1 Å². The van der Waals surface area contributed by atoms with E-state index in [2.05, 4.69) is 33.0 Å². The van der Waals surface area contributed by atoms with Gasteiger partial charge in [-0.2, -0.15) is 0 Å². The predicted molar refractivity (Wildman–Crippen MR) is 83.1 cm³/mol. The Morgan fingerprint density at radius 1 is 0.900 bits per heavy atom. The Balaban J connectivity index is 1.88. The Hall–Kier alpha value is -0.570. The quantitative estimate of drug-likeness (QED) is 0.817. The number of hydrogen-bond donors (Lipinski definition) is 2. The van der Waals surface area contributed by atoms with Crippen LogP contribution in [0.15, 0.2) is 0 Å². The largest absolute Gasteiger partial charge is 0.353 e. The van der Waals surface area contributed by atoms with E-state index >= 15 is 0 Å². The van der Waals surface area contributed by atoms with Crippen molar-refractivity contribution < 1.29 is 4.79 Å². The maximum atomic E-state index is 12.6. The van der Waals surface area contributed by atoms with Gasteiger partial charge in [-0.15, -0.1) is 0 Å². The molecule has 20 heavy (non-hydrogen) atoms. The van der Waals surface area contributed by atoms with Gasteiger partial charge < -0.3 is 11.1 Å². The van der Waals surface area contributed by atoms with E-state index in [0.717, 1.165) is 37.5 Å². The van der Waals surface area contributed by atoms with E-state index in [1.807, 2.05) is 0 Å². The van der Waals surface area contributed by atoms with Gasteiger partial charge in [0.15, 0.2) is 0 Å². The number of nitrogens with one attached hydrogen (secondary N) is 1. The van der Waals surface area contributed by atoms with Gasteiger partial charge in [-0.05, 0) is 55.8 Å². The summed E-state index contributed by atoms with van der Waals surface area (Å²) >= 11 is 0. The first-order valence-electron chi connectivity index (χ1n) is 8.44. The highest BCUT2D eigenvalue weighted by atomic mass is 16.2. The minimum atomic E-state index is 0.121. The molecule has 0 radical (unpaired) electrons. The van der Waals surface area contributed by atoms with E-state index in [1.165, 1.54) is 6.42 Å². The highest BCUT2D eigenvalue weighted by Crippen LogP contribution is 2.34. The summed E-state index contributed by atoms with van der Waals surface area (Å²) < 4.78 is 0. The summed E-state index contributed by atoms with van der Waals surface area (Å²) in [5.74, 6) is 2.91. The Morgan fingerprint density at radius 3 is 2.25 bits per heavy atom. The van der Waals surface area contributed by atoms with E-state index < -0.39 is 0 Å². The van der Waals surface area contributed by atoms with Crippen molar-refractivity contribution in [3.63, 3.8) is 0 Å². The van der Waals surface area contributed by atoms with E-state index in [-0.39, 0.29) is 17.9 Å². The molecule has 7 unspecified atom stereocenters. The first kappa shape index (κ1) is 15.8. The fourth-order valence-corrected chi connectivity index (χ4v) is 4.04. The second-order valence-electron chi connectivity index (χ2n) is 7.67. The van der Waals surface area contributed by atoms with Crippen molar-refractivity contribution in [1.29, 1.82) is 0 Å². The zero-order valence-electron chi connectivity index (χ0n) is 13.6. The van der Waals surface area contributed by atoms with Gasteiger partial charge in [0, 0.05) is 18.0 Å². The average molecular weight is 280 g/mol. The lowest BCUT2D eigenvalue weighted by Crippen LogP contribution is -2.48. The van der Waals surface area contributed by atoms with Crippen LogP contribution in [0.3, 0.4) is 0 Å². The van der Waals surface area contributed by atoms with Crippen LogP contribution in [0.25, 0.3) is 0 Å². The molecule has 0 aromatic rings. The van der Waals surface area contributed by atoms with Crippen molar-refractivity contribution in [3.05, 3.63) is 0 Å². The first-order valence-corrected chi connectivity index (χ1v) is 8.44. The van der Waals surface area contributed by atoms with Gasteiger partial charge >= 0.3 is 0 Å². The molecule has 0 aliphatic heterocycles. The number of hydrogen-bond acceptors (Lipinski definition) is 2. The first-order chi connectivity index (χ1) is 9.38. The molecule has 0 saturated heterocycles. The molecular formula is C17H32N2O. The van der Waals surface area contributed by atoms with Gasteiger partial charge in [-0.1, -0.05) is 27.7 Å². The number of rotatable bonds is 2. The highest BCUT2D eigenvalue weighted by molar-refractivity contribution is 5.79. The van der Waals surface area contributed by atoms with Crippen molar-refractivity contribution >= 4 is 5.91 Å². The van der Waals surface area contributed by atoms with Gasteiger partial charge in [0.05, 0.1) is 0 Å². The molecule has 0 spiro atoms. The molecule has 2 fully saturated rings. The average Bonchev–Trinajstić information content (AvgIpc) is 2.38. The molecule has 2 aliphatic rings. The lowest BCUT2D eigenvalue weighted by atomic mass is 9.72. The molecule has 2 aliphatic carbocycles. The number of carbonyl (C=O) groups excluding carboxylic acids is 1. The fraction of sp³-hybridized carbons (Fsp3) is 0.941. The maximum absolute atomic E-state index is 12.6. The smallest absolute Gasteiger partial charge is 0.223 e. The Morgan fingerprint density at radius 2 is 1.60 bits per heavy atom. The third-order valence-corrected chi connectivity index (χ3v) is 5.97. The molecule has 3 nitrogen and oxygen atoms in total. The SMILES string of the molecule is CC1CCC(NC(=O)C2CC(N)C(C)CC2C)CC1C. The maximum Gasteiger partial charge on any atom is 0.223 e. The lowest BCUT2D eigenvalue weighted by molar-refractivity contribution is -0.129. The minimum absolute atomic E-state index is 0.121. The van der Waals surface area contributed by atoms with Crippen LogP contribution >= 0.6 is 0 Å². The fourth-order valence-electron chi connectivity index (χ4n) is 4.04. The standard InChI is InChI=1S/C17H32N2O/c1-10-5-6-14(8-11(10)2)19-17(20)15-9-16(18)13(4)7-12(15)3/h10-16H,5-9,18H2,1-4H3,(H,19,20). The second kappa shape index (κ2) is 6.46. The Bertz CT molecular complexity index is 344. The molecule has 2 saturated carbocycles. The number of nitrogens with two attached hydrogens (primary N) is 1. The molecule has 2 rings (SSSR count). The zero-order valence-corrected chi connectivity index (χ0v) is 13.6. The van der Waals surface area contributed by atoms with Crippen LogP contribution < -0.4 is 11.1 Å². The third kappa shape index (κ3) is 3.55. The van der Waals surface area contributed by atoms with E-state index in [9.17, 15) is 4.79 Å². The molecular weight excluding hydrogens is 248 g/mol. The molecule has 7 atom stereocenters. The summed E-state index contributed by atoms with van der Waals surface area (Å²) in [5, 5.41) is 3.31. The van der Waals surface area contributed by atoms with Crippen LogP contribution in [-0.2, 0) is 4.79 Å². The highest BCUT2D eigenvalue weighted by Gasteiger charge is 2.36. The van der Waals surface area contributed by atoms with Crippen molar-refractivity contribution in [1.82, 2.24) is 5.32 Å². The normalized spacial score (nSPS) is 46.0. The summed E-state index contributed by atoms with van der Waals surface area (Å²) in [6, 6.07) is 0.573. The van der Waals surface area contributed by atoms with Crippen molar-refractivity contribution in [3.8, 4) is 0 Å². The lowest BCUT2D eigenvalue weighted by Gasteiger charge is -2.38. The van der Waals surface area contributed by atoms with Gasteiger partial charge in [0.25, 0.3) is 0 Å². The molecule has 0 bridgehead atoms. The van der Waals surface area contributed by atoms with E-state index in [4.69, 9.17) is 5.73 Å². The van der Waals surface area contributed by atoms with E-state index in [1.54, 1.807) is 0 Å². The molecule has 0 heterocycles. The molecule has 3 heteroatoms. The zero-order chi connectivity index (χ0) is 14.9. The molecule has 0 aromatic heterocycles. The summed E-state index contributed by atoms with van der Waals surface area (Å²) in [6.07, 6.45) is 5.45. The van der Waals surface area contributed by atoms with E-state index in [0.29, 0.717) is 17.9 Å². The van der Waals surface area contributed by atoms with Crippen LogP contribution in [0.4, 0.5) is 0 Å². The monoisotopic (exact) mass is 280 g/mol. The van der Waals surface area contributed by atoms with Crippen molar-refractivity contribution in [2.45, 2.75) is 71.9 Å². The van der Waals surface area contributed by atoms with Crippen LogP contribution in [-0.4, -0.2) is 18.0 Å². The van der Waals surface area contributed by atoms with Gasteiger partial charge in [-0.25, -0.2) is 0 Å². The van der Waals surface area contributed by atoms with Crippen LogP contribution in [0.5, 0.6) is 0 Å². The summed E-state index contributed by atoms with van der Waals surface area (Å²) in [4.78, 5) is 12.6. The number of amides is 1. The number of carbonyl (C=O) groups is 1. The summed E-state index contributed by atoms with van der Waals surface area (Å²) in [6.45, 7) is 9.05. The predicted octanol–water partition coefficient (Wildman–Crippen LogP) is 2.94. The molecule has 116 valence electrons.